The molecule has 0 radical (unpaired) electrons. The lowest BCUT2D eigenvalue weighted by Crippen LogP contribution is -2.69. The number of rotatable bonds is 1. The van der Waals surface area contributed by atoms with E-state index in [4.69, 9.17) is 9.47 Å². The topological polar surface area (TPSA) is 55.8 Å². The van der Waals surface area contributed by atoms with Gasteiger partial charge in [0.15, 0.2) is 23.4 Å². The SMILES string of the molecule is COc1ccc2c3c1O[C@H]1C(=O)CC[C@@]4(O)[C@H](CCCC314)C2. The van der Waals surface area contributed by atoms with Crippen molar-refractivity contribution in [2.24, 2.45) is 5.92 Å². The van der Waals surface area contributed by atoms with Gasteiger partial charge >= 0.3 is 0 Å². The van der Waals surface area contributed by atoms with Gasteiger partial charge in [-0.25, -0.2) is 0 Å². The molecule has 1 aromatic carbocycles. The molecule has 5 rings (SSSR count). The summed E-state index contributed by atoms with van der Waals surface area (Å²) in [6.07, 6.45) is 4.28. The van der Waals surface area contributed by atoms with Crippen molar-refractivity contribution < 1.29 is 19.4 Å². The summed E-state index contributed by atoms with van der Waals surface area (Å²) in [7, 11) is 1.63. The van der Waals surface area contributed by atoms with E-state index in [1.807, 2.05) is 6.07 Å². The molecule has 0 amide bonds. The summed E-state index contributed by atoms with van der Waals surface area (Å²) in [6.45, 7) is 0. The van der Waals surface area contributed by atoms with E-state index in [1.54, 1.807) is 7.11 Å². The lowest BCUT2D eigenvalue weighted by atomic mass is 9.46. The first-order valence-electron chi connectivity index (χ1n) is 8.24. The Hall–Kier alpha value is -1.55. The Labute approximate surface area is 129 Å². The smallest absolute Gasteiger partial charge is 0.174 e. The van der Waals surface area contributed by atoms with Crippen molar-refractivity contribution in [1.29, 1.82) is 0 Å². The van der Waals surface area contributed by atoms with Crippen molar-refractivity contribution in [2.45, 2.75) is 55.6 Å². The van der Waals surface area contributed by atoms with E-state index in [-0.39, 0.29) is 11.7 Å². The van der Waals surface area contributed by atoms with Crippen molar-refractivity contribution in [1.82, 2.24) is 0 Å². The normalized spacial score (nSPS) is 40.9. The van der Waals surface area contributed by atoms with Gasteiger partial charge in [0, 0.05) is 12.0 Å². The van der Waals surface area contributed by atoms with Gasteiger partial charge in [0.2, 0.25) is 0 Å². The number of methoxy groups -OCH3 is 1. The quantitative estimate of drug-likeness (QED) is 0.863. The monoisotopic (exact) mass is 300 g/mol. The predicted octanol–water partition coefficient (Wildman–Crippen LogP) is 2.14. The number of Topliss-reactive ketones (excluding diaryl/α,β-unsaturated/α-hetero) is 1. The number of carbonyl (C=O) groups is 1. The van der Waals surface area contributed by atoms with Crippen LogP contribution in [0.2, 0.25) is 0 Å². The summed E-state index contributed by atoms with van der Waals surface area (Å²) in [6, 6.07) is 4.04. The molecule has 1 unspecified atom stereocenters. The molecule has 2 fully saturated rings. The van der Waals surface area contributed by atoms with Gasteiger partial charge in [-0.05, 0) is 43.2 Å². The van der Waals surface area contributed by atoms with Gasteiger partial charge in [0.05, 0.1) is 18.1 Å². The molecular weight excluding hydrogens is 280 g/mol. The summed E-state index contributed by atoms with van der Waals surface area (Å²) < 4.78 is 11.6. The Bertz CT molecular complexity index is 697. The fourth-order valence-corrected chi connectivity index (χ4v) is 5.79. The molecule has 1 N–H and O–H groups in total. The van der Waals surface area contributed by atoms with E-state index in [0.717, 1.165) is 31.2 Å². The van der Waals surface area contributed by atoms with Gasteiger partial charge < -0.3 is 14.6 Å². The second-order valence-electron chi connectivity index (χ2n) is 7.28. The van der Waals surface area contributed by atoms with E-state index in [9.17, 15) is 9.90 Å². The zero-order valence-corrected chi connectivity index (χ0v) is 12.7. The van der Waals surface area contributed by atoms with Crippen molar-refractivity contribution in [3.63, 3.8) is 0 Å². The summed E-state index contributed by atoms with van der Waals surface area (Å²) >= 11 is 0. The highest BCUT2D eigenvalue weighted by molar-refractivity contribution is 5.89. The zero-order chi connectivity index (χ0) is 15.1. The van der Waals surface area contributed by atoms with Crippen LogP contribution < -0.4 is 9.47 Å². The summed E-state index contributed by atoms with van der Waals surface area (Å²) in [5, 5.41) is 11.6. The highest BCUT2D eigenvalue weighted by Gasteiger charge is 2.71. The lowest BCUT2D eigenvalue weighted by molar-refractivity contribution is -0.177. The molecule has 116 valence electrons. The molecule has 4 atom stereocenters. The van der Waals surface area contributed by atoms with Crippen LogP contribution in [0, 0.1) is 5.92 Å². The second-order valence-corrected chi connectivity index (χ2v) is 7.28. The van der Waals surface area contributed by atoms with Crippen LogP contribution in [0.5, 0.6) is 11.5 Å². The third kappa shape index (κ3) is 1.16. The van der Waals surface area contributed by atoms with Crippen LogP contribution in [0.15, 0.2) is 12.1 Å². The fraction of sp³-hybridized carbons (Fsp3) is 0.611. The van der Waals surface area contributed by atoms with Crippen molar-refractivity contribution in [3.8, 4) is 11.5 Å². The minimum atomic E-state index is -0.797. The Morgan fingerprint density at radius 1 is 1.36 bits per heavy atom. The summed E-state index contributed by atoms with van der Waals surface area (Å²) in [4.78, 5) is 12.6. The highest BCUT2D eigenvalue weighted by atomic mass is 16.5. The molecule has 1 aromatic rings. The zero-order valence-electron chi connectivity index (χ0n) is 12.7. The summed E-state index contributed by atoms with van der Waals surface area (Å²) in [5.41, 5.74) is 0.975. The molecule has 4 heteroatoms. The minimum absolute atomic E-state index is 0.136. The second kappa shape index (κ2) is 3.85. The third-order valence-electron chi connectivity index (χ3n) is 6.64. The average molecular weight is 300 g/mol. The van der Waals surface area contributed by atoms with E-state index >= 15 is 0 Å². The van der Waals surface area contributed by atoms with Gasteiger partial charge in [-0.3, -0.25) is 4.79 Å². The largest absolute Gasteiger partial charge is 0.493 e. The molecule has 4 nitrogen and oxygen atoms in total. The number of hydrogen-bond acceptors (Lipinski definition) is 4. The van der Waals surface area contributed by atoms with Crippen molar-refractivity contribution >= 4 is 5.78 Å². The number of ketones is 1. The Morgan fingerprint density at radius 2 is 2.23 bits per heavy atom. The highest BCUT2D eigenvalue weighted by Crippen LogP contribution is 2.66. The minimum Gasteiger partial charge on any atom is -0.493 e. The molecule has 1 spiro atoms. The molecule has 1 aliphatic heterocycles. The molecule has 2 saturated carbocycles. The van der Waals surface area contributed by atoms with Crippen molar-refractivity contribution in [2.75, 3.05) is 7.11 Å². The molecule has 3 aliphatic carbocycles. The maximum atomic E-state index is 12.6. The number of hydrogen-bond donors (Lipinski definition) is 1. The number of benzene rings is 1. The van der Waals surface area contributed by atoms with Crippen LogP contribution in [-0.4, -0.2) is 29.7 Å². The average Bonchev–Trinajstić information content (AvgIpc) is 2.85. The van der Waals surface area contributed by atoms with E-state index in [2.05, 4.69) is 6.07 Å². The van der Waals surface area contributed by atoms with Gasteiger partial charge in [0.25, 0.3) is 0 Å². The van der Waals surface area contributed by atoms with Crippen LogP contribution in [0.4, 0.5) is 0 Å². The number of carbonyl (C=O) groups excluding carboxylic acids is 1. The first-order valence-corrected chi connectivity index (χ1v) is 8.24. The molecular formula is C18H20O4. The molecule has 1 heterocycles. The molecule has 0 saturated heterocycles. The first kappa shape index (κ1) is 12.9. The van der Waals surface area contributed by atoms with Gasteiger partial charge in [-0.2, -0.15) is 0 Å². The first-order chi connectivity index (χ1) is 10.6. The van der Waals surface area contributed by atoms with Gasteiger partial charge in [-0.15, -0.1) is 0 Å². The molecule has 4 aliphatic rings. The lowest BCUT2D eigenvalue weighted by Gasteiger charge is -2.59. The molecule has 2 bridgehead atoms. The van der Waals surface area contributed by atoms with Crippen LogP contribution in [-0.2, 0) is 16.6 Å². The standard InChI is InChI=1S/C18H20O4/c1-21-13-5-4-10-9-11-3-2-7-17-14(10)15(13)22-16(17)12(19)6-8-18(11,17)20/h4-5,11,16,20H,2-3,6-9H2,1H3/t11-,16+,17?,18-/m1/s1. The van der Waals surface area contributed by atoms with Crippen LogP contribution in [0.1, 0.15) is 43.2 Å². The fourth-order valence-electron chi connectivity index (χ4n) is 5.79. The molecule has 0 aromatic heterocycles. The Morgan fingerprint density at radius 3 is 3.05 bits per heavy atom. The number of aliphatic hydroxyl groups is 1. The van der Waals surface area contributed by atoms with Crippen LogP contribution in [0.3, 0.4) is 0 Å². The predicted molar refractivity (Wildman–Crippen MR) is 79.3 cm³/mol. The van der Waals surface area contributed by atoms with Crippen LogP contribution >= 0.6 is 0 Å². The van der Waals surface area contributed by atoms with Crippen LogP contribution in [0.25, 0.3) is 0 Å². The van der Waals surface area contributed by atoms with Crippen molar-refractivity contribution in [3.05, 3.63) is 23.3 Å². The Kier molecular flexibility index (Phi) is 2.27. The third-order valence-corrected chi connectivity index (χ3v) is 6.64. The number of ether oxygens (including phenoxy) is 2. The maximum absolute atomic E-state index is 12.6. The van der Waals surface area contributed by atoms with E-state index in [0.29, 0.717) is 24.3 Å². The van der Waals surface area contributed by atoms with E-state index < -0.39 is 17.1 Å². The maximum Gasteiger partial charge on any atom is 0.174 e. The van der Waals surface area contributed by atoms with Gasteiger partial charge in [-0.1, -0.05) is 12.5 Å². The Balaban J connectivity index is 1.87. The van der Waals surface area contributed by atoms with E-state index in [1.165, 1.54) is 5.56 Å². The molecule has 22 heavy (non-hydrogen) atoms. The summed E-state index contributed by atoms with van der Waals surface area (Å²) in [5.74, 6) is 1.77. The van der Waals surface area contributed by atoms with Gasteiger partial charge in [0.1, 0.15) is 0 Å².